The van der Waals surface area contributed by atoms with Gasteiger partial charge in [0.2, 0.25) is 0 Å². The molecule has 1 aliphatic heterocycles. The molecule has 1 aromatic carbocycles. The molecule has 0 bridgehead atoms. The standard InChI is InChI=1S/C16H22ClNO/c1-16(2)5-3-14(9-16)18-10-12-8-13(17)7-11-4-6-19-15(11)12/h7-8,14,18H,3-6,9-10H2,1-2H3. The van der Waals surface area contributed by atoms with Crippen molar-refractivity contribution in [1.29, 1.82) is 0 Å². The summed E-state index contributed by atoms with van der Waals surface area (Å²) in [4.78, 5) is 0. The van der Waals surface area contributed by atoms with Crippen molar-refractivity contribution in [2.24, 2.45) is 5.41 Å². The Morgan fingerprint density at radius 1 is 1.42 bits per heavy atom. The number of hydrogen-bond acceptors (Lipinski definition) is 2. The number of benzene rings is 1. The van der Waals surface area contributed by atoms with Crippen LogP contribution in [0.3, 0.4) is 0 Å². The molecule has 0 spiro atoms. The molecule has 0 aromatic heterocycles. The molecule has 104 valence electrons. The van der Waals surface area contributed by atoms with Crippen LogP contribution >= 0.6 is 11.6 Å². The van der Waals surface area contributed by atoms with Crippen LogP contribution in [-0.4, -0.2) is 12.6 Å². The minimum absolute atomic E-state index is 0.491. The van der Waals surface area contributed by atoms with Crippen LogP contribution in [0.2, 0.25) is 5.02 Å². The monoisotopic (exact) mass is 279 g/mol. The van der Waals surface area contributed by atoms with Crippen molar-refractivity contribution in [1.82, 2.24) is 5.32 Å². The average Bonchev–Trinajstić information content (AvgIpc) is 2.92. The number of halogens is 1. The van der Waals surface area contributed by atoms with Crippen molar-refractivity contribution in [3.05, 3.63) is 28.3 Å². The van der Waals surface area contributed by atoms with Gasteiger partial charge in [0.15, 0.2) is 0 Å². The summed E-state index contributed by atoms with van der Waals surface area (Å²) in [6.07, 6.45) is 4.83. The highest BCUT2D eigenvalue weighted by atomic mass is 35.5. The summed E-state index contributed by atoms with van der Waals surface area (Å²) in [5.41, 5.74) is 2.96. The highest BCUT2D eigenvalue weighted by Gasteiger charge is 2.30. The topological polar surface area (TPSA) is 21.3 Å². The normalized spacial score (nSPS) is 24.3. The van der Waals surface area contributed by atoms with Gasteiger partial charge < -0.3 is 10.1 Å². The summed E-state index contributed by atoms with van der Waals surface area (Å²) in [6, 6.07) is 4.70. The van der Waals surface area contributed by atoms with Crippen molar-refractivity contribution in [2.75, 3.05) is 6.61 Å². The van der Waals surface area contributed by atoms with E-state index in [0.717, 1.165) is 30.3 Å². The Hall–Kier alpha value is -0.730. The molecule has 1 fully saturated rings. The molecule has 1 heterocycles. The van der Waals surface area contributed by atoms with Crippen molar-refractivity contribution in [2.45, 2.75) is 52.1 Å². The second-order valence-corrected chi connectivity index (χ2v) is 7.07. The Morgan fingerprint density at radius 3 is 3.00 bits per heavy atom. The Labute approximate surface area is 120 Å². The molecule has 1 N–H and O–H groups in total. The SMILES string of the molecule is CC1(C)CCC(NCc2cc(Cl)cc3c2OCC3)C1. The van der Waals surface area contributed by atoms with Gasteiger partial charge in [-0.2, -0.15) is 0 Å². The van der Waals surface area contributed by atoms with E-state index < -0.39 is 0 Å². The first kappa shape index (κ1) is 13.3. The maximum absolute atomic E-state index is 6.19. The lowest BCUT2D eigenvalue weighted by Crippen LogP contribution is -2.27. The molecule has 1 aliphatic carbocycles. The first-order valence-corrected chi connectivity index (χ1v) is 7.59. The summed E-state index contributed by atoms with van der Waals surface area (Å²) in [5, 5.41) is 4.50. The van der Waals surface area contributed by atoms with Gasteiger partial charge >= 0.3 is 0 Å². The van der Waals surface area contributed by atoms with Crippen molar-refractivity contribution >= 4 is 11.6 Å². The highest BCUT2D eigenvalue weighted by Crippen LogP contribution is 2.38. The lowest BCUT2D eigenvalue weighted by Gasteiger charge is -2.18. The Morgan fingerprint density at radius 2 is 2.26 bits per heavy atom. The maximum atomic E-state index is 6.19. The quantitative estimate of drug-likeness (QED) is 0.905. The predicted octanol–water partition coefficient (Wildman–Crippen LogP) is 3.94. The third kappa shape index (κ3) is 2.90. The van der Waals surface area contributed by atoms with E-state index in [4.69, 9.17) is 16.3 Å². The van der Waals surface area contributed by atoms with Crippen LogP contribution < -0.4 is 10.1 Å². The molecule has 0 radical (unpaired) electrons. The number of ether oxygens (including phenoxy) is 1. The third-order valence-corrected chi connectivity index (χ3v) is 4.59. The van der Waals surface area contributed by atoms with E-state index in [2.05, 4.69) is 19.2 Å². The zero-order chi connectivity index (χ0) is 13.5. The molecule has 2 nitrogen and oxygen atoms in total. The van der Waals surface area contributed by atoms with E-state index >= 15 is 0 Å². The zero-order valence-electron chi connectivity index (χ0n) is 11.8. The molecule has 19 heavy (non-hydrogen) atoms. The largest absolute Gasteiger partial charge is 0.493 e. The second kappa shape index (κ2) is 4.99. The van der Waals surface area contributed by atoms with Gasteiger partial charge in [0.05, 0.1) is 6.61 Å². The Balaban J connectivity index is 1.68. The van der Waals surface area contributed by atoms with Crippen molar-refractivity contribution in [3.63, 3.8) is 0 Å². The van der Waals surface area contributed by atoms with Gasteiger partial charge in [0.25, 0.3) is 0 Å². The highest BCUT2D eigenvalue weighted by molar-refractivity contribution is 6.30. The molecule has 1 unspecified atom stereocenters. The molecule has 1 atom stereocenters. The van der Waals surface area contributed by atoms with Crippen LogP contribution in [-0.2, 0) is 13.0 Å². The van der Waals surface area contributed by atoms with Gasteiger partial charge in [0.1, 0.15) is 5.75 Å². The van der Waals surface area contributed by atoms with E-state index in [1.54, 1.807) is 0 Å². The van der Waals surface area contributed by atoms with E-state index in [1.807, 2.05) is 12.1 Å². The van der Waals surface area contributed by atoms with Crippen molar-refractivity contribution < 1.29 is 4.74 Å². The zero-order valence-corrected chi connectivity index (χ0v) is 12.5. The summed E-state index contributed by atoms with van der Waals surface area (Å²) in [5.74, 6) is 1.06. The predicted molar refractivity (Wildman–Crippen MR) is 78.9 cm³/mol. The molecule has 1 aromatic rings. The molecular weight excluding hydrogens is 258 g/mol. The molecule has 0 amide bonds. The first-order chi connectivity index (χ1) is 9.03. The minimum atomic E-state index is 0.491. The van der Waals surface area contributed by atoms with E-state index in [0.29, 0.717) is 11.5 Å². The number of fused-ring (bicyclic) bond motifs is 1. The van der Waals surface area contributed by atoms with E-state index in [9.17, 15) is 0 Å². The molecule has 3 rings (SSSR count). The Bertz CT molecular complexity index is 484. The maximum Gasteiger partial charge on any atom is 0.127 e. The van der Waals surface area contributed by atoms with Crippen LogP contribution in [0.1, 0.15) is 44.2 Å². The first-order valence-electron chi connectivity index (χ1n) is 7.21. The molecule has 2 aliphatic rings. The van der Waals surface area contributed by atoms with Crippen LogP contribution in [0, 0.1) is 5.41 Å². The number of hydrogen-bond donors (Lipinski definition) is 1. The summed E-state index contributed by atoms with van der Waals surface area (Å²) in [7, 11) is 0. The van der Waals surface area contributed by atoms with E-state index in [-0.39, 0.29) is 0 Å². The van der Waals surface area contributed by atoms with Crippen LogP contribution in [0.15, 0.2) is 12.1 Å². The van der Waals surface area contributed by atoms with E-state index in [1.165, 1.54) is 30.4 Å². The van der Waals surface area contributed by atoms with Gasteiger partial charge in [-0.25, -0.2) is 0 Å². The average molecular weight is 280 g/mol. The molecule has 1 saturated carbocycles. The van der Waals surface area contributed by atoms with Crippen LogP contribution in [0.5, 0.6) is 5.75 Å². The van der Waals surface area contributed by atoms with Gasteiger partial charge in [-0.3, -0.25) is 0 Å². The van der Waals surface area contributed by atoms with Crippen molar-refractivity contribution in [3.8, 4) is 5.75 Å². The summed E-state index contributed by atoms with van der Waals surface area (Å²) < 4.78 is 5.74. The van der Waals surface area contributed by atoms with Gasteiger partial charge in [0, 0.05) is 29.6 Å². The Kier molecular flexibility index (Phi) is 3.48. The molecule has 3 heteroatoms. The fraction of sp³-hybridized carbons (Fsp3) is 0.625. The lowest BCUT2D eigenvalue weighted by molar-refractivity contribution is 0.348. The smallest absolute Gasteiger partial charge is 0.127 e. The molecular formula is C16H22ClNO. The van der Waals surface area contributed by atoms with Crippen LogP contribution in [0.4, 0.5) is 0 Å². The van der Waals surface area contributed by atoms with Gasteiger partial charge in [-0.05, 0) is 42.4 Å². The van der Waals surface area contributed by atoms with Gasteiger partial charge in [-0.15, -0.1) is 0 Å². The number of nitrogens with one attached hydrogen (secondary N) is 1. The minimum Gasteiger partial charge on any atom is -0.493 e. The third-order valence-electron chi connectivity index (χ3n) is 4.38. The molecule has 0 saturated heterocycles. The fourth-order valence-corrected chi connectivity index (χ4v) is 3.61. The van der Waals surface area contributed by atoms with Gasteiger partial charge in [-0.1, -0.05) is 25.4 Å². The van der Waals surface area contributed by atoms with Crippen LogP contribution in [0.25, 0.3) is 0 Å². The second-order valence-electron chi connectivity index (χ2n) is 6.64. The fourth-order valence-electron chi connectivity index (χ4n) is 3.34. The summed E-state index contributed by atoms with van der Waals surface area (Å²) >= 11 is 6.19. The number of rotatable bonds is 3. The lowest BCUT2D eigenvalue weighted by atomic mass is 9.92. The summed E-state index contributed by atoms with van der Waals surface area (Å²) in [6.45, 7) is 6.37.